The van der Waals surface area contributed by atoms with E-state index in [4.69, 9.17) is 4.74 Å². The fraction of sp³-hybridized carbons (Fsp3) is 0.300. The monoisotopic (exact) mass is 323 g/mol. The first-order valence-electron chi connectivity index (χ1n) is 8.11. The summed E-state index contributed by atoms with van der Waals surface area (Å²) < 4.78 is 5.60. The molecule has 0 aromatic heterocycles. The predicted molar refractivity (Wildman–Crippen MR) is 93.2 cm³/mol. The summed E-state index contributed by atoms with van der Waals surface area (Å²) in [7, 11) is 0. The number of esters is 1. The van der Waals surface area contributed by atoms with Gasteiger partial charge in [0.25, 0.3) is 0 Å². The lowest BCUT2D eigenvalue weighted by atomic mass is 10.1. The SMILES string of the molecule is Cc1ccccc1N1C[C@@H](C(=O)Oc2c(C)cccc2C)CC1=O. The minimum Gasteiger partial charge on any atom is -0.426 e. The van der Waals surface area contributed by atoms with Gasteiger partial charge in [-0.15, -0.1) is 0 Å². The fourth-order valence-electron chi connectivity index (χ4n) is 3.11. The maximum absolute atomic E-state index is 12.5. The summed E-state index contributed by atoms with van der Waals surface area (Å²) in [5.41, 5.74) is 3.73. The van der Waals surface area contributed by atoms with E-state index in [1.807, 2.05) is 63.2 Å². The first kappa shape index (κ1) is 16.2. The minimum atomic E-state index is -0.434. The quantitative estimate of drug-likeness (QED) is 0.641. The van der Waals surface area contributed by atoms with E-state index in [9.17, 15) is 9.59 Å². The van der Waals surface area contributed by atoms with Gasteiger partial charge in [-0.25, -0.2) is 0 Å². The summed E-state index contributed by atoms with van der Waals surface area (Å²) in [6, 6.07) is 13.5. The Balaban J connectivity index is 1.76. The average molecular weight is 323 g/mol. The van der Waals surface area contributed by atoms with E-state index in [1.165, 1.54) is 0 Å². The van der Waals surface area contributed by atoms with Crippen LogP contribution in [0, 0.1) is 26.7 Å². The third kappa shape index (κ3) is 3.04. The Hall–Kier alpha value is -2.62. The number of hydrogen-bond donors (Lipinski definition) is 0. The largest absolute Gasteiger partial charge is 0.426 e. The highest BCUT2D eigenvalue weighted by Gasteiger charge is 2.37. The Kier molecular flexibility index (Phi) is 4.38. The zero-order chi connectivity index (χ0) is 17.3. The summed E-state index contributed by atoms with van der Waals surface area (Å²) in [4.78, 5) is 26.6. The van der Waals surface area contributed by atoms with E-state index in [0.717, 1.165) is 22.4 Å². The number of para-hydroxylation sites is 2. The van der Waals surface area contributed by atoms with Crippen molar-refractivity contribution < 1.29 is 14.3 Å². The molecular formula is C20H21NO3. The van der Waals surface area contributed by atoms with Crippen molar-refractivity contribution in [3.05, 3.63) is 59.2 Å². The van der Waals surface area contributed by atoms with Gasteiger partial charge in [-0.3, -0.25) is 9.59 Å². The summed E-state index contributed by atoms with van der Waals surface area (Å²) in [6.07, 6.45) is 0.193. The predicted octanol–water partition coefficient (Wildman–Crippen LogP) is 3.57. The van der Waals surface area contributed by atoms with E-state index in [1.54, 1.807) is 4.90 Å². The molecule has 124 valence electrons. The molecule has 1 saturated heterocycles. The molecule has 0 saturated carbocycles. The van der Waals surface area contributed by atoms with Crippen molar-refractivity contribution >= 4 is 17.6 Å². The second-order valence-corrected chi connectivity index (χ2v) is 6.33. The van der Waals surface area contributed by atoms with E-state index in [0.29, 0.717) is 12.3 Å². The van der Waals surface area contributed by atoms with Gasteiger partial charge in [-0.05, 0) is 43.5 Å². The van der Waals surface area contributed by atoms with E-state index in [2.05, 4.69) is 0 Å². The maximum atomic E-state index is 12.5. The Bertz CT molecular complexity index is 777. The zero-order valence-corrected chi connectivity index (χ0v) is 14.2. The van der Waals surface area contributed by atoms with Gasteiger partial charge in [0.15, 0.2) is 0 Å². The molecule has 1 heterocycles. The number of benzene rings is 2. The van der Waals surface area contributed by atoms with Crippen molar-refractivity contribution in [1.29, 1.82) is 0 Å². The maximum Gasteiger partial charge on any atom is 0.316 e. The van der Waals surface area contributed by atoms with Crippen LogP contribution in [0.1, 0.15) is 23.1 Å². The highest BCUT2D eigenvalue weighted by molar-refractivity contribution is 6.00. The van der Waals surface area contributed by atoms with Gasteiger partial charge in [-0.1, -0.05) is 36.4 Å². The summed E-state index contributed by atoms with van der Waals surface area (Å²) in [6.45, 7) is 6.16. The molecule has 1 fully saturated rings. The summed E-state index contributed by atoms with van der Waals surface area (Å²) in [5, 5.41) is 0. The minimum absolute atomic E-state index is 0.0345. The van der Waals surface area contributed by atoms with E-state index >= 15 is 0 Å². The van der Waals surface area contributed by atoms with Crippen LogP contribution in [0.25, 0.3) is 0 Å². The van der Waals surface area contributed by atoms with Gasteiger partial charge in [0.1, 0.15) is 5.75 Å². The number of hydrogen-bond acceptors (Lipinski definition) is 3. The first-order chi connectivity index (χ1) is 11.5. The molecule has 24 heavy (non-hydrogen) atoms. The number of rotatable bonds is 3. The Morgan fingerprint density at radius 1 is 1.00 bits per heavy atom. The number of carbonyl (C=O) groups excluding carboxylic acids is 2. The molecule has 1 aliphatic rings. The highest BCUT2D eigenvalue weighted by Crippen LogP contribution is 2.30. The van der Waals surface area contributed by atoms with Gasteiger partial charge in [0, 0.05) is 18.7 Å². The van der Waals surface area contributed by atoms with Crippen molar-refractivity contribution in [2.24, 2.45) is 5.92 Å². The third-order valence-corrected chi connectivity index (χ3v) is 4.48. The molecule has 0 aliphatic carbocycles. The first-order valence-corrected chi connectivity index (χ1v) is 8.11. The van der Waals surface area contributed by atoms with Crippen LogP contribution in [0.5, 0.6) is 5.75 Å². The number of carbonyl (C=O) groups is 2. The molecule has 0 unspecified atom stereocenters. The molecule has 2 aromatic carbocycles. The number of anilines is 1. The van der Waals surface area contributed by atoms with Crippen molar-refractivity contribution in [2.45, 2.75) is 27.2 Å². The van der Waals surface area contributed by atoms with Crippen molar-refractivity contribution in [3.8, 4) is 5.75 Å². The van der Waals surface area contributed by atoms with Gasteiger partial charge < -0.3 is 9.64 Å². The normalized spacial score (nSPS) is 17.2. The van der Waals surface area contributed by atoms with Crippen LogP contribution < -0.4 is 9.64 Å². The second-order valence-electron chi connectivity index (χ2n) is 6.33. The fourth-order valence-corrected chi connectivity index (χ4v) is 3.11. The van der Waals surface area contributed by atoms with Crippen molar-refractivity contribution in [3.63, 3.8) is 0 Å². The Labute approximate surface area is 142 Å². The smallest absolute Gasteiger partial charge is 0.316 e. The molecule has 4 nitrogen and oxygen atoms in total. The van der Waals surface area contributed by atoms with Gasteiger partial charge >= 0.3 is 5.97 Å². The lowest BCUT2D eigenvalue weighted by molar-refractivity contribution is -0.139. The van der Waals surface area contributed by atoms with Crippen LogP contribution in [0.4, 0.5) is 5.69 Å². The summed E-state index contributed by atoms with van der Waals surface area (Å²) >= 11 is 0. The highest BCUT2D eigenvalue weighted by atomic mass is 16.5. The molecule has 1 atom stereocenters. The van der Waals surface area contributed by atoms with Crippen LogP contribution >= 0.6 is 0 Å². The molecule has 0 radical (unpaired) electrons. The Morgan fingerprint density at radius 2 is 1.62 bits per heavy atom. The van der Waals surface area contributed by atoms with Crippen LogP contribution in [-0.2, 0) is 9.59 Å². The van der Waals surface area contributed by atoms with Crippen molar-refractivity contribution in [1.82, 2.24) is 0 Å². The van der Waals surface area contributed by atoms with Crippen LogP contribution in [0.3, 0.4) is 0 Å². The average Bonchev–Trinajstić information content (AvgIpc) is 2.93. The third-order valence-electron chi connectivity index (χ3n) is 4.48. The van der Waals surface area contributed by atoms with Crippen molar-refractivity contribution in [2.75, 3.05) is 11.4 Å². The van der Waals surface area contributed by atoms with E-state index in [-0.39, 0.29) is 18.3 Å². The van der Waals surface area contributed by atoms with Crippen LogP contribution in [0.2, 0.25) is 0 Å². The standard InChI is InChI=1S/C20H21NO3/c1-13-7-4-5-10-17(13)21-12-16(11-18(21)22)20(23)24-19-14(2)8-6-9-15(19)3/h4-10,16H,11-12H2,1-3H3/t16-/m0/s1. The van der Waals surface area contributed by atoms with Gasteiger partial charge in [-0.2, -0.15) is 0 Å². The molecule has 0 spiro atoms. The lowest BCUT2D eigenvalue weighted by Gasteiger charge is -2.19. The number of nitrogens with zero attached hydrogens (tertiary/aromatic N) is 1. The van der Waals surface area contributed by atoms with Gasteiger partial charge in [0.05, 0.1) is 5.92 Å². The summed E-state index contributed by atoms with van der Waals surface area (Å²) in [5.74, 6) is -0.204. The lowest BCUT2D eigenvalue weighted by Crippen LogP contribution is -2.28. The van der Waals surface area contributed by atoms with Crippen LogP contribution in [0.15, 0.2) is 42.5 Å². The zero-order valence-electron chi connectivity index (χ0n) is 14.2. The number of ether oxygens (including phenoxy) is 1. The van der Waals surface area contributed by atoms with Crippen LogP contribution in [-0.4, -0.2) is 18.4 Å². The number of aryl methyl sites for hydroxylation is 3. The molecule has 4 heteroatoms. The van der Waals surface area contributed by atoms with Gasteiger partial charge in [0.2, 0.25) is 5.91 Å². The molecular weight excluding hydrogens is 302 g/mol. The molecule has 2 aromatic rings. The number of amides is 1. The Morgan fingerprint density at radius 3 is 2.29 bits per heavy atom. The molecule has 0 bridgehead atoms. The second kappa shape index (κ2) is 6.48. The van der Waals surface area contributed by atoms with E-state index < -0.39 is 5.92 Å². The topological polar surface area (TPSA) is 46.6 Å². The molecule has 3 rings (SSSR count). The molecule has 1 amide bonds. The molecule has 1 aliphatic heterocycles. The molecule has 0 N–H and O–H groups in total.